The molecule has 0 radical (unpaired) electrons. The lowest BCUT2D eigenvalue weighted by Crippen LogP contribution is -2.28. The lowest BCUT2D eigenvalue weighted by Gasteiger charge is -2.17. The van der Waals surface area contributed by atoms with E-state index >= 15 is 0 Å². The Hall–Kier alpha value is -0.900. The van der Waals surface area contributed by atoms with E-state index in [1.807, 2.05) is 0 Å². The second kappa shape index (κ2) is 6.74. The minimum absolute atomic E-state index is 0.0759. The summed E-state index contributed by atoms with van der Waals surface area (Å²) in [5.74, 6) is -0.421. The maximum Gasteiger partial charge on any atom is 0.254 e. The molecule has 2 nitrogen and oxygen atoms in total. The molecular weight excluding hydrogens is 285 g/mol. The van der Waals surface area contributed by atoms with Gasteiger partial charge in [-0.05, 0) is 40.5 Å². The molecule has 1 aromatic rings. The molecule has 94 valence electrons. The molecule has 0 aliphatic carbocycles. The molecule has 0 aliphatic rings. The predicted molar refractivity (Wildman–Crippen MR) is 70.6 cm³/mol. The van der Waals surface area contributed by atoms with Gasteiger partial charge in [-0.1, -0.05) is 19.8 Å². The van der Waals surface area contributed by atoms with Crippen LogP contribution in [0.25, 0.3) is 0 Å². The summed E-state index contributed by atoms with van der Waals surface area (Å²) in [6.45, 7) is 2.86. The van der Waals surface area contributed by atoms with Gasteiger partial charge in [0.2, 0.25) is 0 Å². The van der Waals surface area contributed by atoms with E-state index in [2.05, 4.69) is 22.9 Å². The second-order valence-corrected chi connectivity index (χ2v) is 4.91. The van der Waals surface area contributed by atoms with E-state index in [0.29, 0.717) is 10.0 Å². The van der Waals surface area contributed by atoms with Crippen molar-refractivity contribution in [3.8, 4) is 0 Å². The maximum atomic E-state index is 12.9. The van der Waals surface area contributed by atoms with Gasteiger partial charge in [-0.15, -0.1) is 0 Å². The number of benzene rings is 1. The van der Waals surface area contributed by atoms with Crippen LogP contribution in [0.1, 0.15) is 36.5 Å². The molecule has 1 aromatic carbocycles. The third-order valence-electron chi connectivity index (χ3n) is 2.61. The number of carbonyl (C=O) groups is 1. The Morgan fingerprint density at radius 1 is 1.41 bits per heavy atom. The number of hydrogen-bond donors (Lipinski definition) is 0. The Bertz CT molecular complexity index is 395. The van der Waals surface area contributed by atoms with Crippen molar-refractivity contribution in [1.29, 1.82) is 0 Å². The van der Waals surface area contributed by atoms with Gasteiger partial charge in [-0.25, -0.2) is 4.39 Å². The van der Waals surface area contributed by atoms with Gasteiger partial charge in [0.05, 0.1) is 5.56 Å². The molecule has 0 heterocycles. The summed E-state index contributed by atoms with van der Waals surface area (Å²) < 4.78 is 13.4. The molecule has 0 saturated heterocycles. The molecule has 0 bridgehead atoms. The minimum atomic E-state index is -0.345. The van der Waals surface area contributed by atoms with Crippen molar-refractivity contribution in [2.45, 2.75) is 26.2 Å². The number of unbranched alkanes of at least 4 members (excludes halogenated alkanes) is 2. The van der Waals surface area contributed by atoms with E-state index in [9.17, 15) is 9.18 Å². The fourth-order valence-corrected chi connectivity index (χ4v) is 2.09. The summed E-state index contributed by atoms with van der Waals surface area (Å²) in [5.41, 5.74) is 0.505. The molecule has 1 amide bonds. The van der Waals surface area contributed by atoms with Gasteiger partial charge in [0.25, 0.3) is 5.91 Å². The fraction of sp³-hybridized carbons (Fsp3) is 0.462. The molecule has 0 aliphatic heterocycles. The summed E-state index contributed by atoms with van der Waals surface area (Å²) in [7, 11) is 1.77. The highest BCUT2D eigenvalue weighted by atomic mass is 79.9. The van der Waals surface area contributed by atoms with Crippen molar-refractivity contribution in [1.82, 2.24) is 4.90 Å². The first-order valence-corrected chi connectivity index (χ1v) is 6.56. The van der Waals surface area contributed by atoms with Crippen LogP contribution in [0.2, 0.25) is 0 Å². The molecule has 17 heavy (non-hydrogen) atoms. The van der Waals surface area contributed by atoms with Crippen LogP contribution in [-0.2, 0) is 0 Å². The molecular formula is C13H17BrFNO. The van der Waals surface area contributed by atoms with Gasteiger partial charge >= 0.3 is 0 Å². The van der Waals surface area contributed by atoms with Crippen molar-refractivity contribution in [2.75, 3.05) is 13.6 Å². The zero-order valence-electron chi connectivity index (χ0n) is 10.2. The first-order chi connectivity index (χ1) is 8.06. The van der Waals surface area contributed by atoms with Crippen molar-refractivity contribution in [2.24, 2.45) is 0 Å². The number of rotatable bonds is 5. The van der Waals surface area contributed by atoms with E-state index in [4.69, 9.17) is 0 Å². The Morgan fingerprint density at radius 2 is 2.12 bits per heavy atom. The Kier molecular flexibility index (Phi) is 5.62. The van der Waals surface area contributed by atoms with Gasteiger partial charge in [-0.3, -0.25) is 4.79 Å². The summed E-state index contributed by atoms with van der Waals surface area (Å²) in [6.07, 6.45) is 3.24. The Balaban J connectivity index is 2.68. The van der Waals surface area contributed by atoms with Crippen molar-refractivity contribution >= 4 is 21.8 Å². The Morgan fingerprint density at radius 3 is 2.71 bits per heavy atom. The predicted octanol–water partition coefficient (Wildman–Crippen LogP) is 3.85. The van der Waals surface area contributed by atoms with Crippen LogP contribution in [0.5, 0.6) is 0 Å². The van der Waals surface area contributed by atoms with E-state index in [1.165, 1.54) is 18.2 Å². The second-order valence-electron chi connectivity index (χ2n) is 4.06. The zero-order valence-corrected chi connectivity index (χ0v) is 11.8. The van der Waals surface area contributed by atoms with Crippen LogP contribution in [0.3, 0.4) is 0 Å². The monoisotopic (exact) mass is 301 g/mol. The number of amides is 1. The molecule has 4 heteroatoms. The average Bonchev–Trinajstić information content (AvgIpc) is 2.28. The quantitative estimate of drug-likeness (QED) is 0.757. The van der Waals surface area contributed by atoms with Gasteiger partial charge in [0, 0.05) is 18.1 Å². The van der Waals surface area contributed by atoms with Gasteiger partial charge in [0.1, 0.15) is 5.82 Å². The number of nitrogens with zero attached hydrogens (tertiary/aromatic N) is 1. The summed E-state index contributed by atoms with van der Waals surface area (Å²) in [4.78, 5) is 13.7. The van der Waals surface area contributed by atoms with Gasteiger partial charge in [-0.2, -0.15) is 0 Å². The fourth-order valence-electron chi connectivity index (χ4n) is 1.57. The first-order valence-electron chi connectivity index (χ1n) is 5.76. The van der Waals surface area contributed by atoms with Gasteiger partial charge in [0.15, 0.2) is 0 Å². The maximum absolute atomic E-state index is 12.9. The van der Waals surface area contributed by atoms with E-state index in [1.54, 1.807) is 11.9 Å². The molecule has 0 unspecified atom stereocenters. The topological polar surface area (TPSA) is 20.3 Å². The molecule has 0 aromatic heterocycles. The highest BCUT2D eigenvalue weighted by Crippen LogP contribution is 2.19. The largest absolute Gasteiger partial charge is 0.342 e. The highest BCUT2D eigenvalue weighted by Gasteiger charge is 2.14. The van der Waals surface area contributed by atoms with Crippen LogP contribution < -0.4 is 0 Å². The van der Waals surface area contributed by atoms with E-state index < -0.39 is 0 Å². The highest BCUT2D eigenvalue weighted by molar-refractivity contribution is 9.10. The van der Waals surface area contributed by atoms with Gasteiger partial charge < -0.3 is 4.90 Å². The molecule has 0 atom stereocenters. The molecule has 0 N–H and O–H groups in total. The summed E-state index contributed by atoms with van der Waals surface area (Å²) >= 11 is 3.21. The zero-order chi connectivity index (χ0) is 12.8. The smallest absolute Gasteiger partial charge is 0.254 e. The third kappa shape index (κ3) is 4.11. The number of hydrogen-bond acceptors (Lipinski definition) is 1. The van der Waals surface area contributed by atoms with Crippen LogP contribution in [0, 0.1) is 5.82 Å². The number of halogens is 2. The molecule has 1 rings (SSSR count). The molecule has 0 saturated carbocycles. The third-order valence-corrected chi connectivity index (χ3v) is 3.26. The molecule has 0 spiro atoms. The van der Waals surface area contributed by atoms with Crippen LogP contribution in [0.4, 0.5) is 4.39 Å². The summed E-state index contributed by atoms with van der Waals surface area (Å²) in [6, 6.07) is 4.13. The van der Waals surface area contributed by atoms with Crippen molar-refractivity contribution < 1.29 is 9.18 Å². The first kappa shape index (κ1) is 14.2. The lowest BCUT2D eigenvalue weighted by atomic mass is 10.2. The van der Waals surface area contributed by atoms with E-state index in [-0.39, 0.29) is 11.7 Å². The van der Waals surface area contributed by atoms with E-state index in [0.717, 1.165) is 25.8 Å². The van der Waals surface area contributed by atoms with Crippen molar-refractivity contribution in [3.05, 3.63) is 34.1 Å². The van der Waals surface area contributed by atoms with Crippen molar-refractivity contribution in [3.63, 3.8) is 0 Å². The standard InChI is InChI=1S/C13H17BrFNO/c1-3-4-5-8-16(2)13(17)11-7-6-10(15)9-12(11)14/h6-7,9H,3-5,8H2,1-2H3. The minimum Gasteiger partial charge on any atom is -0.342 e. The summed E-state index contributed by atoms with van der Waals surface area (Å²) in [5, 5.41) is 0. The number of carbonyl (C=O) groups excluding carboxylic acids is 1. The molecule has 0 fully saturated rings. The lowest BCUT2D eigenvalue weighted by molar-refractivity contribution is 0.0791. The van der Waals surface area contributed by atoms with Crippen LogP contribution in [-0.4, -0.2) is 24.4 Å². The van der Waals surface area contributed by atoms with Crippen LogP contribution in [0.15, 0.2) is 22.7 Å². The average molecular weight is 302 g/mol. The normalized spacial score (nSPS) is 10.4. The Labute approximate surface area is 110 Å². The SMILES string of the molecule is CCCCCN(C)C(=O)c1ccc(F)cc1Br. The van der Waals surface area contributed by atoms with Crippen LogP contribution >= 0.6 is 15.9 Å².